The first-order valence-corrected chi connectivity index (χ1v) is 11.1. The zero-order valence-electron chi connectivity index (χ0n) is 17.1. The van der Waals surface area contributed by atoms with Gasteiger partial charge >= 0.3 is 0 Å². The summed E-state index contributed by atoms with van der Waals surface area (Å²) in [6, 6.07) is 24.3. The van der Waals surface area contributed by atoms with Crippen LogP contribution in [0.4, 0.5) is 11.9 Å². The summed E-state index contributed by atoms with van der Waals surface area (Å²) >= 11 is 3.47. The summed E-state index contributed by atoms with van der Waals surface area (Å²) in [6.07, 6.45) is 2.06. The second-order valence-electron chi connectivity index (χ2n) is 7.74. The Kier molecular flexibility index (Phi) is 4.48. The Morgan fingerprint density at radius 1 is 0.818 bits per heavy atom. The van der Waals surface area contributed by atoms with Crippen LogP contribution < -0.4 is 10.2 Å². The van der Waals surface area contributed by atoms with Crippen molar-refractivity contribution in [1.29, 1.82) is 0 Å². The number of aromatic nitrogens is 3. The van der Waals surface area contributed by atoms with E-state index < -0.39 is 11.8 Å². The highest BCUT2D eigenvalue weighted by atomic mass is 79.9. The molecule has 8 heteroatoms. The minimum absolute atomic E-state index is 0.0510. The van der Waals surface area contributed by atoms with Gasteiger partial charge in [0.2, 0.25) is 5.95 Å². The molecule has 2 aliphatic heterocycles. The molecule has 0 saturated heterocycles. The molecule has 6 rings (SSSR count). The van der Waals surface area contributed by atoms with E-state index in [1.807, 2.05) is 54.6 Å². The molecule has 0 fully saturated rings. The molecule has 1 N–H and O–H groups in total. The van der Waals surface area contributed by atoms with Gasteiger partial charge in [0.25, 0.3) is 17.8 Å². The smallest absolute Gasteiger partial charge is 0.268 e. The lowest BCUT2D eigenvalue weighted by molar-refractivity contribution is 0.0924. The number of rotatable bonds is 3. The van der Waals surface area contributed by atoms with Crippen LogP contribution in [0.2, 0.25) is 0 Å². The van der Waals surface area contributed by atoms with Gasteiger partial charge in [-0.2, -0.15) is 4.98 Å². The van der Waals surface area contributed by atoms with Gasteiger partial charge in [-0.25, -0.2) is 9.58 Å². The zero-order chi connectivity index (χ0) is 22.5. The van der Waals surface area contributed by atoms with Gasteiger partial charge < -0.3 is 5.32 Å². The van der Waals surface area contributed by atoms with Gasteiger partial charge in [0.15, 0.2) is 0 Å². The normalized spacial score (nSPS) is 16.8. The van der Waals surface area contributed by atoms with Crippen LogP contribution in [-0.4, -0.2) is 26.6 Å². The lowest BCUT2D eigenvalue weighted by Gasteiger charge is -2.24. The molecular formula is C25H16BrN5O2. The predicted octanol–water partition coefficient (Wildman–Crippen LogP) is 4.90. The maximum Gasteiger partial charge on any atom is 0.268 e. The molecule has 3 heterocycles. The Hall–Kier alpha value is -4.04. The van der Waals surface area contributed by atoms with Crippen LogP contribution in [0.25, 0.3) is 5.70 Å². The quantitative estimate of drug-likeness (QED) is 0.407. The Balaban J connectivity index is 1.45. The second-order valence-corrected chi connectivity index (χ2v) is 8.65. The lowest BCUT2D eigenvalue weighted by atomic mass is 10.0. The highest BCUT2D eigenvalue weighted by Gasteiger charge is 2.40. The number of hydrogen-bond donors (Lipinski definition) is 1. The standard InChI is InChI=1S/C25H16BrN5O2/c26-17-12-10-15(11-13-17)20-14-21(16-6-2-1-3-7-16)31-24(27-20)28-25(29-31)30-22(32)18-8-4-5-9-19(18)23(30)33/h1-14,21H,(H,27,28,29)/t21-/m1/s1. The van der Waals surface area contributed by atoms with Crippen molar-refractivity contribution in [3.63, 3.8) is 0 Å². The van der Waals surface area contributed by atoms with E-state index in [1.54, 1.807) is 28.9 Å². The molecule has 0 unspecified atom stereocenters. The van der Waals surface area contributed by atoms with Crippen LogP contribution in [0.5, 0.6) is 0 Å². The highest BCUT2D eigenvalue weighted by Crippen LogP contribution is 2.35. The monoisotopic (exact) mass is 497 g/mol. The molecule has 1 aromatic heterocycles. The predicted molar refractivity (Wildman–Crippen MR) is 128 cm³/mol. The van der Waals surface area contributed by atoms with E-state index in [4.69, 9.17) is 0 Å². The topological polar surface area (TPSA) is 80.1 Å². The van der Waals surface area contributed by atoms with Crippen molar-refractivity contribution in [3.8, 4) is 0 Å². The first-order valence-electron chi connectivity index (χ1n) is 10.3. The first-order chi connectivity index (χ1) is 16.1. The summed E-state index contributed by atoms with van der Waals surface area (Å²) in [6.45, 7) is 0. The number of fused-ring (bicyclic) bond motifs is 2. The molecule has 0 aliphatic carbocycles. The van der Waals surface area contributed by atoms with Crippen molar-refractivity contribution in [3.05, 3.63) is 112 Å². The Bertz CT molecular complexity index is 1410. The second kappa shape index (κ2) is 7.53. The molecule has 160 valence electrons. The minimum atomic E-state index is -0.420. The Morgan fingerprint density at radius 3 is 2.12 bits per heavy atom. The number of carbonyl (C=O) groups excluding carboxylic acids is 2. The number of halogens is 1. The molecule has 2 aliphatic rings. The van der Waals surface area contributed by atoms with Gasteiger partial charge in [-0.05, 0) is 41.5 Å². The van der Waals surface area contributed by atoms with Gasteiger partial charge in [-0.15, -0.1) is 5.10 Å². The van der Waals surface area contributed by atoms with E-state index in [2.05, 4.69) is 37.4 Å². The van der Waals surface area contributed by atoms with Gasteiger partial charge in [0.05, 0.1) is 11.1 Å². The molecule has 33 heavy (non-hydrogen) atoms. The molecule has 4 aromatic rings. The van der Waals surface area contributed by atoms with Crippen LogP contribution in [0.15, 0.2) is 89.4 Å². The maximum absolute atomic E-state index is 13.0. The summed E-state index contributed by atoms with van der Waals surface area (Å²) in [4.78, 5) is 31.5. The number of nitrogens with zero attached hydrogens (tertiary/aromatic N) is 4. The van der Waals surface area contributed by atoms with Gasteiger partial charge in [0.1, 0.15) is 6.04 Å². The van der Waals surface area contributed by atoms with Crippen molar-refractivity contribution < 1.29 is 9.59 Å². The zero-order valence-corrected chi connectivity index (χ0v) is 18.7. The molecule has 3 aromatic carbocycles. The molecular weight excluding hydrogens is 482 g/mol. The number of allylic oxidation sites excluding steroid dienone is 1. The third-order valence-electron chi connectivity index (χ3n) is 5.74. The van der Waals surface area contributed by atoms with Crippen molar-refractivity contribution in [2.75, 3.05) is 10.2 Å². The van der Waals surface area contributed by atoms with Crippen LogP contribution in [0, 0.1) is 0 Å². The summed E-state index contributed by atoms with van der Waals surface area (Å²) < 4.78 is 2.69. The van der Waals surface area contributed by atoms with Crippen molar-refractivity contribution >= 4 is 45.3 Å². The maximum atomic E-state index is 13.0. The fourth-order valence-corrected chi connectivity index (χ4v) is 4.40. The summed E-state index contributed by atoms with van der Waals surface area (Å²) in [5.74, 6) is -0.335. The highest BCUT2D eigenvalue weighted by molar-refractivity contribution is 9.10. The van der Waals surface area contributed by atoms with Gasteiger partial charge in [-0.3, -0.25) is 9.59 Å². The average molecular weight is 498 g/mol. The van der Waals surface area contributed by atoms with E-state index in [9.17, 15) is 9.59 Å². The fraction of sp³-hybridized carbons (Fsp3) is 0.0400. The average Bonchev–Trinajstić information content (AvgIpc) is 3.38. The van der Waals surface area contributed by atoms with E-state index in [0.29, 0.717) is 17.1 Å². The Labute approximate surface area is 197 Å². The Morgan fingerprint density at radius 2 is 1.45 bits per heavy atom. The number of imide groups is 1. The molecule has 0 bridgehead atoms. The first kappa shape index (κ1) is 19.6. The molecule has 1 atom stereocenters. The number of nitrogens with one attached hydrogen (secondary N) is 1. The third kappa shape index (κ3) is 3.18. The van der Waals surface area contributed by atoms with Gasteiger partial charge in [0, 0.05) is 10.2 Å². The van der Waals surface area contributed by atoms with E-state index in [-0.39, 0.29) is 12.0 Å². The molecule has 2 amide bonds. The molecule has 7 nitrogen and oxygen atoms in total. The van der Waals surface area contributed by atoms with E-state index >= 15 is 0 Å². The third-order valence-corrected chi connectivity index (χ3v) is 6.27. The summed E-state index contributed by atoms with van der Waals surface area (Å²) in [5.41, 5.74) is 3.57. The number of anilines is 2. The van der Waals surface area contributed by atoms with Crippen molar-refractivity contribution in [1.82, 2.24) is 14.8 Å². The SMILES string of the molecule is O=C1c2ccccc2C(=O)N1c1nc2n(n1)[C@@H](c1ccccc1)C=C(c1ccc(Br)cc1)N2. The minimum Gasteiger partial charge on any atom is -0.324 e. The lowest BCUT2D eigenvalue weighted by Crippen LogP contribution is -2.30. The van der Waals surface area contributed by atoms with Crippen molar-refractivity contribution in [2.45, 2.75) is 6.04 Å². The fourth-order valence-electron chi connectivity index (χ4n) is 4.13. The molecule has 0 saturated carbocycles. The van der Waals surface area contributed by atoms with Gasteiger partial charge in [-0.1, -0.05) is 70.5 Å². The molecule has 0 spiro atoms. The number of hydrogen-bond acceptors (Lipinski definition) is 5. The van der Waals surface area contributed by atoms with Crippen LogP contribution in [-0.2, 0) is 0 Å². The van der Waals surface area contributed by atoms with Crippen LogP contribution >= 0.6 is 15.9 Å². The number of benzene rings is 3. The molecule has 0 radical (unpaired) electrons. The van der Waals surface area contributed by atoms with Crippen molar-refractivity contribution in [2.24, 2.45) is 0 Å². The largest absolute Gasteiger partial charge is 0.324 e. The number of amides is 2. The van der Waals surface area contributed by atoms with E-state index in [1.165, 1.54) is 0 Å². The summed E-state index contributed by atoms with van der Waals surface area (Å²) in [7, 11) is 0. The summed E-state index contributed by atoms with van der Waals surface area (Å²) in [5, 5.41) is 7.90. The van der Waals surface area contributed by atoms with E-state index in [0.717, 1.165) is 26.2 Å². The van der Waals surface area contributed by atoms with Crippen LogP contribution in [0.1, 0.15) is 37.9 Å². The van der Waals surface area contributed by atoms with Crippen LogP contribution in [0.3, 0.4) is 0 Å². The number of carbonyl (C=O) groups is 2.